The summed E-state index contributed by atoms with van der Waals surface area (Å²) in [6, 6.07) is 8.16. The second-order valence-corrected chi connectivity index (χ2v) is 6.93. The van der Waals surface area contributed by atoms with Crippen molar-refractivity contribution in [1.29, 1.82) is 0 Å². The van der Waals surface area contributed by atoms with E-state index >= 15 is 0 Å². The van der Waals surface area contributed by atoms with Crippen LogP contribution < -0.4 is 5.32 Å². The number of nitrogens with one attached hydrogen (secondary N) is 1. The molecule has 0 radical (unpaired) electrons. The minimum Gasteiger partial charge on any atom is -0.381 e. The average Bonchev–Trinajstić information content (AvgIpc) is 3.14. The smallest absolute Gasteiger partial charge is 0.317 e. The number of methoxy groups -OCH3 is 1. The molecule has 6 nitrogen and oxygen atoms in total. The lowest BCUT2D eigenvalue weighted by molar-refractivity contribution is 0.119. The molecule has 0 bridgehead atoms. The van der Waals surface area contributed by atoms with Gasteiger partial charge in [-0.15, -0.1) is 0 Å². The Morgan fingerprint density at radius 2 is 2.08 bits per heavy atom. The second-order valence-electron chi connectivity index (χ2n) is 6.93. The highest BCUT2D eigenvalue weighted by Crippen LogP contribution is 2.15. The summed E-state index contributed by atoms with van der Waals surface area (Å²) in [5.74, 6) is 0.666. The number of rotatable bonds is 6. The molecule has 1 aromatic rings. The Labute approximate surface area is 150 Å². The van der Waals surface area contributed by atoms with E-state index in [-0.39, 0.29) is 6.03 Å². The Balaban J connectivity index is 1.39. The molecule has 6 heteroatoms. The Bertz CT molecular complexity index is 553. The number of ether oxygens (including phenoxy) is 2. The van der Waals surface area contributed by atoms with E-state index in [1.54, 1.807) is 7.11 Å². The first-order valence-electron chi connectivity index (χ1n) is 9.14. The summed E-state index contributed by atoms with van der Waals surface area (Å²) in [6.07, 6.45) is 1.17. The van der Waals surface area contributed by atoms with Gasteiger partial charge in [-0.2, -0.15) is 0 Å². The van der Waals surface area contributed by atoms with Crippen LogP contribution in [-0.4, -0.2) is 68.9 Å². The van der Waals surface area contributed by atoms with Crippen LogP contribution in [-0.2, 0) is 22.6 Å². The number of carbonyl (C=O) groups excluding carboxylic acids is 1. The zero-order chi connectivity index (χ0) is 17.5. The molecule has 1 N–H and O–H groups in total. The Hall–Kier alpha value is -1.63. The van der Waals surface area contributed by atoms with Gasteiger partial charge in [0.05, 0.1) is 13.2 Å². The summed E-state index contributed by atoms with van der Waals surface area (Å²) >= 11 is 0. The van der Waals surface area contributed by atoms with Crippen molar-refractivity contribution in [2.45, 2.75) is 19.6 Å². The molecule has 0 spiro atoms. The number of hydrogen-bond donors (Lipinski definition) is 1. The van der Waals surface area contributed by atoms with Gasteiger partial charge >= 0.3 is 6.03 Å². The van der Waals surface area contributed by atoms with Gasteiger partial charge in [-0.25, -0.2) is 4.79 Å². The lowest BCUT2D eigenvalue weighted by atomic mass is 10.1. The fraction of sp³-hybridized carbons (Fsp3) is 0.632. The number of hydrogen-bond acceptors (Lipinski definition) is 4. The van der Waals surface area contributed by atoms with Gasteiger partial charge in [-0.1, -0.05) is 24.3 Å². The highest BCUT2D eigenvalue weighted by atomic mass is 16.5. The second kappa shape index (κ2) is 9.17. The molecule has 2 aliphatic rings. The molecular weight excluding hydrogens is 318 g/mol. The first-order valence-corrected chi connectivity index (χ1v) is 9.14. The largest absolute Gasteiger partial charge is 0.381 e. The molecule has 0 aliphatic carbocycles. The number of urea groups is 1. The van der Waals surface area contributed by atoms with Gasteiger partial charge < -0.3 is 19.7 Å². The van der Waals surface area contributed by atoms with Gasteiger partial charge in [-0.3, -0.25) is 4.90 Å². The molecule has 25 heavy (non-hydrogen) atoms. The third-order valence-corrected chi connectivity index (χ3v) is 4.95. The van der Waals surface area contributed by atoms with Crippen LogP contribution in [0.15, 0.2) is 24.3 Å². The molecule has 1 atom stereocenters. The van der Waals surface area contributed by atoms with E-state index < -0.39 is 0 Å². The normalized spacial score (nSPS) is 21.5. The van der Waals surface area contributed by atoms with E-state index in [0.717, 1.165) is 57.1 Å². The van der Waals surface area contributed by atoms with Gasteiger partial charge in [0, 0.05) is 53.0 Å². The molecule has 3 rings (SSSR count). The minimum atomic E-state index is 0.0287. The molecular formula is C19H29N3O3. The van der Waals surface area contributed by atoms with Crippen molar-refractivity contribution in [2.24, 2.45) is 5.92 Å². The fourth-order valence-electron chi connectivity index (χ4n) is 3.51. The summed E-state index contributed by atoms with van der Waals surface area (Å²) in [6.45, 7) is 7.53. The van der Waals surface area contributed by atoms with Crippen LogP contribution in [0, 0.1) is 5.92 Å². The highest BCUT2D eigenvalue weighted by molar-refractivity contribution is 5.74. The number of carbonyl (C=O) groups is 1. The predicted molar refractivity (Wildman–Crippen MR) is 96.3 cm³/mol. The topological polar surface area (TPSA) is 54.0 Å². The summed E-state index contributed by atoms with van der Waals surface area (Å²) in [5.41, 5.74) is 2.22. The van der Waals surface area contributed by atoms with E-state index in [0.29, 0.717) is 19.1 Å². The molecule has 2 saturated heterocycles. The van der Waals surface area contributed by atoms with E-state index in [9.17, 15) is 4.79 Å². The van der Waals surface area contributed by atoms with Gasteiger partial charge in [-0.05, 0) is 23.5 Å². The Morgan fingerprint density at radius 3 is 2.80 bits per heavy atom. The molecule has 1 unspecified atom stereocenters. The zero-order valence-corrected chi connectivity index (χ0v) is 15.1. The summed E-state index contributed by atoms with van der Waals surface area (Å²) < 4.78 is 10.6. The van der Waals surface area contributed by atoms with Crippen molar-refractivity contribution >= 4 is 6.03 Å². The Kier molecular flexibility index (Phi) is 6.67. The van der Waals surface area contributed by atoms with Crippen molar-refractivity contribution in [3.8, 4) is 0 Å². The van der Waals surface area contributed by atoms with Crippen LogP contribution >= 0.6 is 0 Å². The SMILES string of the molecule is COCc1cccc(CNC(=O)N2CCN(CC3CCOC3)CC2)c1. The third kappa shape index (κ3) is 5.42. The van der Waals surface area contributed by atoms with Crippen molar-refractivity contribution in [3.63, 3.8) is 0 Å². The number of nitrogens with zero attached hydrogens (tertiary/aromatic N) is 2. The molecule has 2 heterocycles. The minimum absolute atomic E-state index is 0.0287. The summed E-state index contributed by atoms with van der Waals surface area (Å²) in [4.78, 5) is 16.8. The number of piperazine rings is 1. The lowest BCUT2D eigenvalue weighted by Gasteiger charge is -2.35. The predicted octanol–water partition coefficient (Wildman–Crippen LogP) is 1.70. The quantitative estimate of drug-likeness (QED) is 0.851. The molecule has 2 aliphatic heterocycles. The van der Waals surface area contributed by atoms with Gasteiger partial charge in [0.25, 0.3) is 0 Å². The van der Waals surface area contributed by atoms with Crippen LogP contribution in [0.2, 0.25) is 0 Å². The average molecular weight is 347 g/mol. The van der Waals surface area contributed by atoms with Gasteiger partial charge in [0.15, 0.2) is 0 Å². The summed E-state index contributed by atoms with van der Waals surface area (Å²) in [7, 11) is 1.69. The van der Waals surface area contributed by atoms with E-state index in [1.165, 1.54) is 6.42 Å². The van der Waals surface area contributed by atoms with Crippen LogP contribution in [0.1, 0.15) is 17.5 Å². The third-order valence-electron chi connectivity index (χ3n) is 4.95. The maximum absolute atomic E-state index is 12.4. The molecule has 138 valence electrons. The number of amides is 2. The monoisotopic (exact) mass is 347 g/mol. The van der Waals surface area contributed by atoms with Crippen LogP contribution in [0.25, 0.3) is 0 Å². The van der Waals surface area contributed by atoms with Crippen LogP contribution in [0.4, 0.5) is 4.79 Å². The van der Waals surface area contributed by atoms with Crippen molar-refractivity contribution in [3.05, 3.63) is 35.4 Å². The molecule has 2 amide bonds. The zero-order valence-electron chi connectivity index (χ0n) is 15.1. The maximum atomic E-state index is 12.4. The maximum Gasteiger partial charge on any atom is 0.317 e. The van der Waals surface area contributed by atoms with Gasteiger partial charge in [0.1, 0.15) is 0 Å². The van der Waals surface area contributed by atoms with E-state index in [2.05, 4.69) is 16.3 Å². The summed E-state index contributed by atoms with van der Waals surface area (Å²) in [5, 5.41) is 3.03. The molecule has 1 aromatic carbocycles. The van der Waals surface area contributed by atoms with Gasteiger partial charge in [0.2, 0.25) is 0 Å². The van der Waals surface area contributed by atoms with Crippen LogP contribution in [0.5, 0.6) is 0 Å². The van der Waals surface area contributed by atoms with E-state index in [4.69, 9.17) is 9.47 Å². The fourth-order valence-corrected chi connectivity index (χ4v) is 3.51. The lowest BCUT2D eigenvalue weighted by Crippen LogP contribution is -2.52. The molecule has 2 fully saturated rings. The van der Waals surface area contributed by atoms with Crippen molar-refractivity contribution in [1.82, 2.24) is 15.1 Å². The first-order chi connectivity index (χ1) is 12.2. The van der Waals surface area contributed by atoms with Crippen molar-refractivity contribution in [2.75, 3.05) is 53.0 Å². The van der Waals surface area contributed by atoms with Crippen LogP contribution in [0.3, 0.4) is 0 Å². The van der Waals surface area contributed by atoms with E-state index in [1.807, 2.05) is 23.1 Å². The Morgan fingerprint density at radius 1 is 1.28 bits per heavy atom. The van der Waals surface area contributed by atoms with Crippen molar-refractivity contribution < 1.29 is 14.3 Å². The first kappa shape index (κ1) is 18.2. The molecule has 0 aromatic heterocycles. The molecule has 0 saturated carbocycles. The highest BCUT2D eigenvalue weighted by Gasteiger charge is 2.24. The standard InChI is InChI=1S/C19H29N3O3/c1-24-14-17-4-2-3-16(11-17)12-20-19(23)22-8-6-21(7-9-22)13-18-5-10-25-15-18/h2-4,11,18H,5-10,12-15H2,1H3,(H,20,23). The number of benzene rings is 1.